The Morgan fingerprint density at radius 1 is 1.14 bits per heavy atom. The average Bonchev–Trinajstić information content (AvgIpc) is 2.87. The zero-order chi connectivity index (χ0) is 15.7. The van der Waals surface area contributed by atoms with Crippen LogP contribution >= 0.6 is 15.9 Å². The van der Waals surface area contributed by atoms with E-state index in [2.05, 4.69) is 15.9 Å². The molecular weight excluding hydrogens is 346 g/mol. The highest BCUT2D eigenvalue weighted by Gasteiger charge is 2.34. The van der Waals surface area contributed by atoms with Crippen molar-refractivity contribution >= 4 is 21.8 Å². The molecule has 0 bridgehead atoms. The number of ether oxygens (including phenoxy) is 2. The molecule has 0 saturated heterocycles. The summed E-state index contributed by atoms with van der Waals surface area (Å²) in [6.07, 6.45) is 0. The maximum absolute atomic E-state index is 12.7. The van der Waals surface area contributed by atoms with Crippen molar-refractivity contribution in [1.82, 2.24) is 4.90 Å². The van der Waals surface area contributed by atoms with Gasteiger partial charge >= 0.3 is 0 Å². The van der Waals surface area contributed by atoms with E-state index < -0.39 is 0 Å². The molecule has 0 spiro atoms. The Morgan fingerprint density at radius 3 is 2.45 bits per heavy atom. The van der Waals surface area contributed by atoms with Gasteiger partial charge in [0.2, 0.25) is 0 Å². The molecule has 22 heavy (non-hydrogen) atoms. The van der Waals surface area contributed by atoms with Gasteiger partial charge in [-0.2, -0.15) is 0 Å². The van der Waals surface area contributed by atoms with Crippen molar-refractivity contribution in [3.8, 4) is 11.5 Å². The number of halogens is 1. The first-order chi connectivity index (χ1) is 10.7. The van der Waals surface area contributed by atoms with E-state index in [1.54, 1.807) is 20.3 Å². The third-order valence-corrected chi connectivity index (χ3v) is 4.67. The Labute approximate surface area is 137 Å². The summed E-state index contributed by atoms with van der Waals surface area (Å²) in [6, 6.07) is 11.7. The number of hydrogen-bond acceptors (Lipinski definition) is 3. The highest BCUT2D eigenvalue weighted by Crippen LogP contribution is 2.42. The molecule has 0 aliphatic carbocycles. The molecule has 4 nitrogen and oxygen atoms in total. The van der Waals surface area contributed by atoms with E-state index in [0.29, 0.717) is 30.2 Å². The third-order valence-electron chi connectivity index (χ3n) is 3.80. The van der Waals surface area contributed by atoms with Crippen LogP contribution in [0.4, 0.5) is 0 Å². The van der Waals surface area contributed by atoms with Gasteiger partial charge in [0.15, 0.2) is 0 Å². The monoisotopic (exact) mass is 361 g/mol. The van der Waals surface area contributed by atoms with E-state index in [-0.39, 0.29) is 5.91 Å². The van der Waals surface area contributed by atoms with Crippen LogP contribution in [0.3, 0.4) is 0 Å². The summed E-state index contributed by atoms with van der Waals surface area (Å²) in [6.45, 7) is 1.11. The third kappa shape index (κ3) is 2.46. The summed E-state index contributed by atoms with van der Waals surface area (Å²) >= 11 is 3.54. The second-order valence-corrected chi connectivity index (χ2v) is 5.89. The van der Waals surface area contributed by atoms with E-state index >= 15 is 0 Å². The quantitative estimate of drug-likeness (QED) is 0.834. The second kappa shape index (κ2) is 6.01. The predicted octanol–water partition coefficient (Wildman–Crippen LogP) is 3.62. The maximum atomic E-state index is 12.7. The van der Waals surface area contributed by atoms with E-state index in [9.17, 15) is 4.79 Å². The molecule has 1 aliphatic rings. The molecule has 1 heterocycles. The Hall–Kier alpha value is -2.01. The summed E-state index contributed by atoms with van der Waals surface area (Å²) in [5.41, 5.74) is 2.63. The molecule has 2 aromatic carbocycles. The van der Waals surface area contributed by atoms with Gasteiger partial charge in [-0.1, -0.05) is 30.3 Å². The Balaban J connectivity index is 1.98. The fraction of sp³-hybridized carbons (Fsp3) is 0.235. The minimum Gasteiger partial charge on any atom is -0.496 e. The highest BCUT2D eigenvalue weighted by molar-refractivity contribution is 9.10. The molecule has 5 heteroatoms. The first-order valence-electron chi connectivity index (χ1n) is 6.92. The zero-order valence-electron chi connectivity index (χ0n) is 12.4. The number of carbonyl (C=O) groups is 1. The second-order valence-electron chi connectivity index (χ2n) is 5.10. The number of benzene rings is 2. The van der Waals surface area contributed by atoms with Crippen LogP contribution in [0.25, 0.3) is 0 Å². The first-order valence-corrected chi connectivity index (χ1v) is 7.71. The van der Waals surface area contributed by atoms with Gasteiger partial charge in [0, 0.05) is 24.7 Å². The molecule has 0 atom stereocenters. The maximum Gasteiger partial charge on any atom is 0.258 e. The lowest BCUT2D eigenvalue weighted by atomic mass is 10.1. The molecule has 0 N–H and O–H groups in total. The molecule has 0 saturated carbocycles. The van der Waals surface area contributed by atoms with Crippen LogP contribution in [0.1, 0.15) is 21.5 Å². The highest BCUT2D eigenvalue weighted by atomic mass is 79.9. The normalized spacial score (nSPS) is 13.2. The van der Waals surface area contributed by atoms with Crippen molar-refractivity contribution < 1.29 is 14.3 Å². The molecule has 3 rings (SSSR count). The lowest BCUT2D eigenvalue weighted by Crippen LogP contribution is -2.23. The van der Waals surface area contributed by atoms with Crippen LogP contribution in [0.15, 0.2) is 40.9 Å². The van der Waals surface area contributed by atoms with E-state index in [1.165, 1.54) is 0 Å². The number of methoxy groups -OCH3 is 2. The van der Waals surface area contributed by atoms with Crippen LogP contribution in [-0.4, -0.2) is 25.0 Å². The van der Waals surface area contributed by atoms with Gasteiger partial charge in [-0.15, -0.1) is 0 Å². The number of rotatable bonds is 4. The zero-order valence-corrected chi connectivity index (χ0v) is 14.0. The number of carbonyl (C=O) groups excluding carboxylic acids is 1. The standard InChI is InChI=1S/C17H16BrNO3/c1-21-13-8-14(22-2)16(18)12-10-19(17(20)15(12)13)9-11-6-4-3-5-7-11/h3-8H,9-10H2,1-2H3. The summed E-state index contributed by atoms with van der Waals surface area (Å²) in [5.74, 6) is 1.21. The van der Waals surface area contributed by atoms with Crippen LogP contribution in [0.2, 0.25) is 0 Å². The Bertz CT molecular complexity index is 716. The lowest BCUT2D eigenvalue weighted by molar-refractivity contribution is 0.0764. The number of amides is 1. The van der Waals surface area contributed by atoms with Crippen molar-refractivity contribution in [3.63, 3.8) is 0 Å². The number of nitrogens with zero attached hydrogens (tertiary/aromatic N) is 1. The lowest BCUT2D eigenvalue weighted by Gasteiger charge is -2.15. The van der Waals surface area contributed by atoms with Crippen molar-refractivity contribution in [2.24, 2.45) is 0 Å². The Kier molecular flexibility index (Phi) is 4.07. The van der Waals surface area contributed by atoms with Crippen LogP contribution in [0.5, 0.6) is 11.5 Å². The molecule has 0 radical (unpaired) electrons. The molecule has 114 valence electrons. The van der Waals surface area contributed by atoms with Crippen molar-refractivity contribution in [3.05, 3.63) is 57.6 Å². The van der Waals surface area contributed by atoms with Gasteiger partial charge in [0.25, 0.3) is 5.91 Å². The molecule has 0 aromatic heterocycles. The fourth-order valence-electron chi connectivity index (χ4n) is 2.71. The van der Waals surface area contributed by atoms with Gasteiger partial charge in [-0.05, 0) is 21.5 Å². The summed E-state index contributed by atoms with van der Waals surface area (Å²) in [5, 5.41) is 0. The van der Waals surface area contributed by atoms with Crippen molar-refractivity contribution in [2.45, 2.75) is 13.1 Å². The van der Waals surface area contributed by atoms with Gasteiger partial charge in [0.05, 0.1) is 24.3 Å². The summed E-state index contributed by atoms with van der Waals surface area (Å²) < 4.78 is 11.5. The van der Waals surface area contributed by atoms with E-state index in [4.69, 9.17) is 9.47 Å². The van der Waals surface area contributed by atoms with Crippen LogP contribution < -0.4 is 9.47 Å². The van der Waals surface area contributed by atoms with Gasteiger partial charge in [0.1, 0.15) is 11.5 Å². The van der Waals surface area contributed by atoms with Gasteiger partial charge < -0.3 is 14.4 Å². The minimum atomic E-state index is -0.0148. The van der Waals surface area contributed by atoms with Gasteiger partial charge in [-0.25, -0.2) is 0 Å². The fourth-order valence-corrected chi connectivity index (χ4v) is 3.31. The van der Waals surface area contributed by atoms with Crippen molar-refractivity contribution in [2.75, 3.05) is 14.2 Å². The van der Waals surface area contributed by atoms with Crippen LogP contribution in [-0.2, 0) is 13.1 Å². The topological polar surface area (TPSA) is 38.8 Å². The first kappa shape index (κ1) is 14.9. The predicted molar refractivity (Wildman–Crippen MR) is 87.3 cm³/mol. The smallest absolute Gasteiger partial charge is 0.258 e. The average molecular weight is 362 g/mol. The van der Waals surface area contributed by atoms with E-state index in [0.717, 1.165) is 15.6 Å². The number of hydrogen-bond donors (Lipinski definition) is 0. The molecule has 0 unspecified atom stereocenters. The minimum absolute atomic E-state index is 0.0148. The molecular formula is C17H16BrNO3. The van der Waals surface area contributed by atoms with Crippen molar-refractivity contribution in [1.29, 1.82) is 0 Å². The summed E-state index contributed by atoms with van der Waals surface area (Å²) in [7, 11) is 3.17. The van der Waals surface area contributed by atoms with Gasteiger partial charge in [-0.3, -0.25) is 4.79 Å². The molecule has 1 aliphatic heterocycles. The summed E-state index contributed by atoms with van der Waals surface area (Å²) in [4.78, 5) is 14.5. The van der Waals surface area contributed by atoms with E-state index in [1.807, 2.05) is 35.2 Å². The molecule has 0 fully saturated rings. The van der Waals surface area contributed by atoms with Crippen LogP contribution in [0, 0.1) is 0 Å². The Morgan fingerprint density at radius 2 is 1.82 bits per heavy atom. The molecule has 2 aromatic rings. The number of fused-ring (bicyclic) bond motifs is 1. The largest absolute Gasteiger partial charge is 0.496 e. The SMILES string of the molecule is COc1cc(OC)c2c(c1Br)CN(Cc1ccccc1)C2=O. The molecule has 1 amide bonds.